The number of rotatable bonds is 1. The summed E-state index contributed by atoms with van der Waals surface area (Å²) in [5.74, 6) is -0.292. The van der Waals surface area contributed by atoms with Gasteiger partial charge in [0.05, 0.1) is 13.7 Å². The molecule has 0 fully saturated rings. The first-order valence-electron chi connectivity index (χ1n) is 1.96. The Morgan fingerprint density at radius 3 is 2.71 bits per heavy atom. The van der Waals surface area contributed by atoms with E-state index in [2.05, 4.69) is 9.73 Å². The normalized spacial score (nSPS) is 15.3. The Kier molecular flexibility index (Phi) is 0.817. The van der Waals surface area contributed by atoms with Gasteiger partial charge in [0.2, 0.25) is 0 Å². The number of methoxy groups -OCH3 is 1. The van der Waals surface area contributed by atoms with E-state index in [9.17, 15) is 4.79 Å². The quantitative estimate of drug-likeness (QED) is 0.420. The van der Waals surface area contributed by atoms with E-state index in [0.717, 1.165) is 0 Å². The van der Waals surface area contributed by atoms with Crippen LogP contribution < -0.4 is 0 Å². The van der Waals surface area contributed by atoms with Gasteiger partial charge in [-0.1, -0.05) is 0 Å². The second-order valence-electron chi connectivity index (χ2n) is 1.25. The molecule has 0 atom stereocenters. The van der Waals surface area contributed by atoms with Gasteiger partial charge in [0.25, 0.3) is 0 Å². The van der Waals surface area contributed by atoms with Crippen molar-refractivity contribution in [1.29, 1.82) is 0 Å². The van der Waals surface area contributed by atoms with Crippen molar-refractivity contribution in [2.75, 3.05) is 13.7 Å². The summed E-state index contributed by atoms with van der Waals surface area (Å²) in [5.41, 5.74) is 0.558. The van der Waals surface area contributed by atoms with Crippen molar-refractivity contribution in [3.63, 3.8) is 0 Å². The van der Waals surface area contributed by atoms with Gasteiger partial charge in [-0.15, -0.1) is 0 Å². The molecule has 0 aromatic rings. The highest BCUT2D eigenvalue weighted by Gasteiger charge is 2.19. The Bertz CT molecular complexity index is 128. The maximum atomic E-state index is 10.2. The number of nitrogens with zero attached hydrogens (tertiary/aromatic N) is 1. The summed E-state index contributed by atoms with van der Waals surface area (Å²) in [6, 6.07) is 0. The van der Waals surface area contributed by atoms with Gasteiger partial charge in [-0.25, -0.2) is 4.79 Å². The van der Waals surface area contributed by atoms with Gasteiger partial charge in [-0.3, -0.25) is 4.99 Å². The maximum Gasteiger partial charge on any atom is 0.353 e. The first kappa shape index (κ1) is 4.30. The van der Waals surface area contributed by atoms with Gasteiger partial charge in [-0.2, -0.15) is 0 Å². The van der Waals surface area contributed by atoms with Crippen LogP contribution in [0.4, 0.5) is 0 Å². The summed E-state index contributed by atoms with van der Waals surface area (Å²) in [4.78, 5) is 13.8. The van der Waals surface area contributed by atoms with Gasteiger partial charge in [0.1, 0.15) is 5.71 Å². The molecule has 0 radical (unpaired) electrons. The maximum absolute atomic E-state index is 10.2. The first-order valence-corrected chi connectivity index (χ1v) is 1.96. The van der Waals surface area contributed by atoms with Crippen LogP contribution in [0.2, 0.25) is 0 Å². The summed E-state index contributed by atoms with van der Waals surface area (Å²) in [7, 11) is 1.35. The van der Waals surface area contributed by atoms with Crippen LogP contribution in [0.5, 0.6) is 0 Å². The zero-order chi connectivity index (χ0) is 5.28. The Morgan fingerprint density at radius 1 is 2.00 bits per heavy atom. The van der Waals surface area contributed by atoms with Crippen molar-refractivity contribution >= 4 is 11.7 Å². The highest BCUT2D eigenvalue weighted by Crippen LogP contribution is 1.96. The molecule has 0 N–H and O–H groups in total. The molecule has 0 bridgehead atoms. The third-order valence-corrected chi connectivity index (χ3v) is 0.737. The molecule has 0 spiro atoms. The van der Waals surface area contributed by atoms with Crippen molar-refractivity contribution < 1.29 is 9.53 Å². The van der Waals surface area contributed by atoms with Crippen LogP contribution >= 0.6 is 0 Å². The number of hydrogen-bond donors (Lipinski definition) is 0. The summed E-state index contributed by atoms with van der Waals surface area (Å²) >= 11 is 0. The van der Waals surface area contributed by atoms with Gasteiger partial charge >= 0.3 is 5.97 Å². The van der Waals surface area contributed by atoms with Crippen LogP contribution in [0.1, 0.15) is 0 Å². The van der Waals surface area contributed by atoms with Crippen LogP contribution in [0.15, 0.2) is 4.99 Å². The fraction of sp³-hybridized carbons (Fsp3) is 0.500. The van der Waals surface area contributed by atoms with Crippen LogP contribution in [0.25, 0.3) is 0 Å². The fourth-order valence-electron chi connectivity index (χ4n) is 0.286. The predicted molar refractivity (Wildman–Crippen MR) is 24.3 cm³/mol. The minimum Gasteiger partial charge on any atom is -0.464 e. The van der Waals surface area contributed by atoms with E-state index >= 15 is 0 Å². The van der Waals surface area contributed by atoms with Crippen LogP contribution in [-0.4, -0.2) is 25.3 Å². The molecule has 7 heavy (non-hydrogen) atoms. The smallest absolute Gasteiger partial charge is 0.353 e. The average molecular weight is 99.1 g/mol. The summed E-state index contributed by atoms with van der Waals surface area (Å²) < 4.78 is 4.30. The zero-order valence-corrected chi connectivity index (χ0v) is 3.97. The van der Waals surface area contributed by atoms with Gasteiger partial charge in [0, 0.05) is 0 Å². The molecule has 0 saturated carbocycles. The van der Waals surface area contributed by atoms with Crippen molar-refractivity contribution in [3.05, 3.63) is 0 Å². The third-order valence-electron chi connectivity index (χ3n) is 0.737. The molecule has 0 saturated heterocycles. The lowest BCUT2D eigenvalue weighted by molar-refractivity contribution is -0.132. The van der Waals surface area contributed by atoms with Gasteiger partial charge in [-0.05, 0) is 0 Å². The van der Waals surface area contributed by atoms with E-state index in [0.29, 0.717) is 12.3 Å². The second kappa shape index (κ2) is 1.33. The third kappa shape index (κ3) is 0.765. The number of carbonyl (C=O) groups excluding carboxylic acids is 1. The Balaban J connectivity index is 2.39. The van der Waals surface area contributed by atoms with Crippen LogP contribution in [0, 0.1) is 0 Å². The van der Waals surface area contributed by atoms with Crippen molar-refractivity contribution in [3.8, 4) is 0 Å². The highest BCUT2D eigenvalue weighted by atomic mass is 16.5. The Labute approximate surface area is 41.0 Å². The number of ether oxygens (including phenoxy) is 1. The second-order valence-corrected chi connectivity index (χ2v) is 1.25. The van der Waals surface area contributed by atoms with E-state index in [4.69, 9.17) is 0 Å². The lowest BCUT2D eigenvalue weighted by atomic mass is 10.5. The summed E-state index contributed by atoms with van der Waals surface area (Å²) in [6.45, 7) is 0.576. The fourth-order valence-corrected chi connectivity index (χ4v) is 0.286. The molecule has 0 unspecified atom stereocenters. The van der Waals surface area contributed by atoms with Crippen molar-refractivity contribution in [2.24, 2.45) is 4.99 Å². The predicted octanol–water partition coefficient (Wildman–Crippen LogP) is -0.386. The largest absolute Gasteiger partial charge is 0.464 e. The average Bonchev–Trinajstić information content (AvgIpc) is 2.44. The molecule has 3 nitrogen and oxygen atoms in total. The Morgan fingerprint density at radius 2 is 2.57 bits per heavy atom. The molecule has 0 amide bonds. The minimum absolute atomic E-state index is 0.292. The van der Waals surface area contributed by atoms with E-state index in [-0.39, 0.29) is 5.97 Å². The minimum atomic E-state index is -0.292. The molecule has 0 aromatic carbocycles. The van der Waals surface area contributed by atoms with E-state index in [1.54, 1.807) is 0 Å². The standard InChI is InChI=1S/C4H5NO2/c1-7-4(6)3-2-5-3/h2H2,1H3. The molecule has 0 aliphatic carbocycles. The lowest BCUT2D eigenvalue weighted by Gasteiger charge is -1.84. The molecule has 0 aromatic heterocycles. The Hall–Kier alpha value is -0.860. The number of esters is 1. The van der Waals surface area contributed by atoms with Crippen molar-refractivity contribution in [2.45, 2.75) is 0 Å². The summed E-state index contributed by atoms with van der Waals surface area (Å²) in [5, 5.41) is 0. The van der Waals surface area contributed by atoms with Gasteiger partial charge in [0.15, 0.2) is 0 Å². The molecule has 1 aliphatic heterocycles. The van der Waals surface area contributed by atoms with Crippen LogP contribution in [0.3, 0.4) is 0 Å². The van der Waals surface area contributed by atoms with Gasteiger partial charge < -0.3 is 4.74 Å². The van der Waals surface area contributed by atoms with E-state index < -0.39 is 0 Å². The van der Waals surface area contributed by atoms with E-state index in [1.807, 2.05) is 0 Å². The molecular formula is C4H5NO2. The molecule has 1 rings (SSSR count). The molecule has 3 heteroatoms. The van der Waals surface area contributed by atoms with Crippen LogP contribution in [-0.2, 0) is 9.53 Å². The number of carbonyl (C=O) groups is 1. The monoisotopic (exact) mass is 99.0 g/mol. The zero-order valence-electron chi connectivity index (χ0n) is 3.97. The molecule has 1 heterocycles. The molecule has 38 valence electrons. The van der Waals surface area contributed by atoms with Crippen molar-refractivity contribution in [1.82, 2.24) is 0 Å². The number of aliphatic imine (C=N–C) groups is 1. The topological polar surface area (TPSA) is 38.7 Å². The SMILES string of the molecule is COC(=O)C1=NC1. The molecule has 1 aliphatic rings. The molecular weight excluding hydrogens is 94.0 g/mol. The number of hydrogen-bond acceptors (Lipinski definition) is 3. The summed E-state index contributed by atoms with van der Waals surface area (Å²) in [6.07, 6.45) is 0. The van der Waals surface area contributed by atoms with E-state index in [1.165, 1.54) is 7.11 Å². The lowest BCUT2D eigenvalue weighted by Crippen LogP contribution is -2.05. The first-order chi connectivity index (χ1) is 3.34. The highest BCUT2D eigenvalue weighted by molar-refractivity contribution is 6.42.